The quantitative estimate of drug-likeness (QED) is 0.194. The van der Waals surface area contributed by atoms with E-state index in [2.05, 4.69) is 20.9 Å². The number of hydrogen-bond acceptors (Lipinski definition) is 4. The molecule has 2 aromatic rings. The molecule has 1 heterocycles. The van der Waals surface area contributed by atoms with Gasteiger partial charge in [-0.1, -0.05) is 18.2 Å². The Labute approximate surface area is 181 Å². The van der Waals surface area contributed by atoms with Gasteiger partial charge in [0.2, 0.25) is 0 Å². The molecule has 0 radical (unpaired) electrons. The lowest BCUT2D eigenvalue weighted by Gasteiger charge is -2.21. The first-order valence-electron chi connectivity index (χ1n) is 8.63. The second kappa shape index (κ2) is 11.9. The number of nitrogens with one attached hydrogen (secondary N) is 3. The number of nitrogens with zero attached hydrogens (tertiary/aromatic N) is 1. The third-order valence-corrected chi connectivity index (χ3v) is 4.45. The summed E-state index contributed by atoms with van der Waals surface area (Å²) in [6, 6.07) is 11.0. The van der Waals surface area contributed by atoms with Crippen molar-refractivity contribution in [3.63, 3.8) is 0 Å². The van der Waals surface area contributed by atoms with Gasteiger partial charge >= 0.3 is 0 Å². The molecule has 0 bridgehead atoms. The lowest BCUT2D eigenvalue weighted by atomic mass is 10.00. The van der Waals surface area contributed by atoms with Gasteiger partial charge in [-0.2, -0.15) is 11.3 Å². The van der Waals surface area contributed by atoms with Crippen LogP contribution in [0.5, 0.6) is 0 Å². The molecule has 148 valence electrons. The molecule has 1 aromatic carbocycles. The number of carbonyl (C=O) groups is 1. The lowest BCUT2D eigenvalue weighted by molar-refractivity contribution is 0.0677. The molecule has 6 nitrogen and oxygen atoms in total. The zero-order chi connectivity index (χ0) is 18.8. The van der Waals surface area contributed by atoms with Crippen LogP contribution in [-0.4, -0.2) is 43.2 Å². The molecule has 0 aliphatic carbocycles. The van der Waals surface area contributed by atoms with Gasteiger partial charge in [-0.3, -0.25) is 4.79 Å². The maximum Gasteiger partial charge on any atom is 0.251 e. The van der Waals surface area contributed by atoms with Crippen molar-refractivity contribution in [2.75, 3.05) is 26.2 Å². The molecule has 1 amide bonds. The number of carbonyl (C=O) groups excluding carboxylic acids is 1. The molecule has 4 N–H and O–H groups in total. The van der Waals surface area contributed by atoms with Crippen LogP contribution in [0.2, 0.25) is 0 Å². The number of halogens is 1. The first-order chi connectivity index (χ1) is 12.5. The Morgan fingerprint density at radius 1 is 1.15 bits per heavy atom. The topological polar surface area (TPSA) is 85.8 Å². The average molecular weight is 502 g/mol. The number of aliphatic imine (C=N–C) groups is 1. The highest BCUT2D eigenvalue weighted by Gasteiger charge is 2.23. The summed E-state index contributed by atoms with van der Waals surface area (Å²) >= 11 is 1.55. The third kappa shape index (κ3) is 7.86. The summed E-state index contributed by atoms with van der Waals surface area (Å²) in [5.41, 5.74) is 0.487. The number of hydrogen-bond donors (Lipinski definition) is 4. The number of guanidine groups is 1. The van der Waals surface area contributed by atoms with Gasteiger partial charge in [0.15, 0.2) is 5.96 Å². The molecule has 8 heteroatoms. The van der Waals surface area contributed by atoms with E-state index < -0.39 is 5.60 Å². The van der Waals surface area contributed by atoms with E-state index in [1.54, 1.807) is 30.4 Å². The van der Waals surface area contributed by atoms with Crippen LogP contribution in [0.4, 0.5) is 0 Å². The van der Waals surface area contributed by atoms with Gasteiger partial charge in [0, 0.05) is 25.2 Å². The van der Waals surface area contributed by atoms with Gasteiger partial charge in [-0.25, -0.2) is 4.99 Å². The first kappa shape index (κ1) is 23.4. The first-order valence-corrected chi connectivity index (χ1v) is 9.57. The number of rotatable bonds is 8. The lowest BCUT2D eigenvalue weighted by Crippen LogP contribution is -2.42. The summed E-state index contributed by atoms with van der Waals surface area (Å²) in [4.78, 5) is 16.4. The SMILES string of the molecule is CCNC(=NCC(C)(O)c1ccsc1)NCCNC(=O)c1ccccc1.I. The molecule has 0 aliphatic rings. The number of amides is 1. The van der Waals surface area contributed by atoms with Gasteiger partial charge in [-0.05, 0) is 48.4 Å². The Balaban J connectivity index is 0.00000364. The maximum absolute atomic E-state index is 12.0. The standard InChI is InChI=1S/C19H26N4O2S.HI/c1-3-20-18(23-14-19(2,25)16-9-12-26-13-16)22-11-10-21-17(24)15-7-5-4-6-8-15;/h4-9,12-13,25H,3,10-11,14H2,1-2H3,(H,21,24)(H2,20,22,23);1H. The highest BCUT2D eigenvalue weighted by Crippen LogP contribution is 2.23. The van der Waals surface area contributed by atoms with Crippen molar-refractivity contribution in [3.8, 4) is 0 Å². The smallest absolute Gasteiger partial charge is 0.251 e. The number of benzene rings is 1. The van der Waals surface area contributed by atoms with Crippen molar-refractivity contribution in [1.82, 2.24) is 16.0 Å². The highest BCUT2D eigenvalue weighted by molar-refractivity contribution is 14.0. The Morgan fingerprint density at radius 2 is 1.85 bits per heavy atom. The molecule has 27 heavy (non-hydrogen) atoms. The fourth-order valence-electron chi connectivity index (χ4n) is 2.29. The van der Waals surface area contributed by atoms with Crippen molar-refractivity contribution in [2.45, 2.75) is 19.4 Å². The highest BCUT2D eigenvalue weighted by atomic mass is 127. The van der Waals surface area contributed by atoms with Crippen molar-refractivity contribution < 1.29 is 9.90 Å². The van der Waals surface area contributed by atoms with Gasteiger partial charge < -0.3 is 21.1 Å². The van der Waals surface area contributed by atoms with Crippen LogP contribution in [0.3, 0.4) is 0 Å². The number of thiophene rings is 1. The van der Waals surface area contributed by atoms with Gasteiger partial charge in [-0.15, -0.1) is 24.0 Å². The second-order valence-corrected chi connectivity index (χ2v) is 6.81. The molecular weight excluding hydrogens is 475 g/mol. The van der Waals surface area contributed by atoms with Crippen LogP contribution < -0.4 is 16.0 Å². The molecule has 0 aliphatic heterocycles. The van der Waals surface area contributed by atoms with Crippen LogP contribution in [0.25, 0.3) is 0 Å². The van der Waals surface area contributed by atoms with E-state index in [1.165, 1.54) is 0 Å². The summed E-state index contributed by atoms with van der Waals surface area (Å²) in [5.74, 6) is 0.506. The Kier molecular flexibility index (Phi) is 10.3. The van der Waals surface area contributed by atoms with Gasteiger partial charge in [0.05, 0.1) is 6.54 Å². The zero-order valence-electron chi connectivity index (χ0n) is 15.6. The fourth-order valence-corrected chi connectivity index (χ4v) is 3.07. The van der Waals surface area contributed by atoms with Crippen molar-refractivity contribution in [2.24, 2.45) is 4.99 Å². The van der Waals surface area contributed by atoms with E-state index >= 15 is 0 Å². The third-order valence-electron chi connectivity index (χ3n) is 3.77. The van der Waals surface area contributed by atoms with E-state index in [-0.39, 0.29) is 36.4 Å². The van der Waals surface area contributed by atoms with E-state index in [9.17, 15) is 9.90 Å². The monoisotopic (exact) mass is 502 g/mol. The molecule has 1 atom stereocenters. The summed E-state index contributed by atoms with van der Waals surface area (Å²) in [6.45, 7) is 5.69. The molecule has 0 fully saturated rings. The predicted molar refractivity (Wildman–Crippen MR) is 122 cm³/mol. The molecule has 0 saturated carbocycles. The average Bonchev–Trinajstić information content (AvgIpc) is 3.19. The van der Waals surface area contributed by atoms with E-state index in [4.69, 9.17) is 0 Å². The second-order valence-electron chi connectivity index (χ2n) is 6.03. The fraction of sp³-hybridized carbons (Fsp3) is 0.368. The zero-order valence-corrected chi connectivity index (χ0v) is 18.7. The Hall–Kier alpha value is -1.65. The Bertz CT molecular complexity index is 706. The molecule has 1 aromatic heterocycles. The predicted octanol–water partition coefficient (Wildman–Crippen LogP) is 2.56. The maximum atomic E-state index is 12.0. The summed E-state index contributed by atoms with van der Waals surface area (Å²) < 4.78 is 0. The summed E-state index contributed by atoms with van der Waals surface area (Å²) in [7, 11) is 0. The largest absolute Gasteiger partial charge is 0.383 e. The normalized spacial score (nSPS) is 13.2. The minimum atomic E-state index is -1.01. The summed E-state index contributed by atoms with van der Waals surface area (Å²) in [6.07, 6.45) is 0. The van der Waals surface area contributed by atoms with Crippen LogP contribution in [0.1, 0.15) is 29.8 Å². The molecule has 0 spiro atoms. The minimum Gasteiger partial charge on any atom is -0.383 e. The minimum absolute atomic E-state index is 0. The van der Waals surface area contributed by atoms with Crippen molar-refractivity contribution in [3.05, 3.63) is 58.3 Å². The van der Waals surface area contributed by atoms with Crippen LogP contribution >= 0.6 is 35.3 Å². The van der Waals surface area contributed by atoms with Gasteiger partial charge in [0.1, 0.15) is 5.60 Å². The number of aliphatic hydroxyl groups is 1. The van der Waals surface area contributed by atoms with Gasteiger partial charge in [0.25, 0.3) is 5.91 Å². The van der Waals surface area contributed by atoms with Crippen molar-refractivity contribution in [1.29, 1.82) is 0 Å². The van der Waals surface area contributed by atoms with Crippen LogP contribution in [-0.2, 0) is 5.60 Å². The summed E-state index contributed by atoms with van der Waals surface area (Å²) in [5, 5.41) is 23.6. The molecular formula is C19H27IN4O2S. The molecule has 0 saturated heterocycles. The molecule has 2 rings (SSSR count). The molecule has 1 unspecified atom stereocenters. The van der Waals surface area contributed by atoms with Crippen molar-refractivity contribution >= 4 is 47.2 Å². The van der Waals surface area contributed by atoms with E-state index in [0.29, 0.717) is 31.2 Å². The van der Waals surface area contributed by atoms with E-state index in [1.807, 2.05) is 41.9 Å². The Morgan fingerprint density at radius 3 is 2.48 bits per heavy atom. The van der Waals surface area contributed by atoms with Crippen LogP contribution in [0, 0.1) is 0 Å². The van der Waals surface area contributed by atoms with E-state index in [0.717, 1.165) is 5.56 Å². The van der Waals surface area contributed by atoms with Crippen LogP contribution in [0.15, 0.2) is 52.2 Å².